The number of aryl methyl sites for hydroxylation is 2. The van der Waals surface area contributed by atoms with Gasteiger partial charge in [-0.15, -0.1) is 22.7 Å². The van der Waals surface area contributed by atoms with Crippen LogP contribution in [0.25, 0.3) is 86.2 Å². The molecule has 10 aromatic rings. The van der Waals surface area contributed by atoms with Crippen molar-refractivity contribution < 1.29 is 9.47 Å². The minimum Gasteiger partial charge on any atom is -0.488 e. The summed E-state index contributed by atoms with van der Waals surface area (Å²) < 4.78 is 16.9. The van der Waals surface area contributed by atoms with Crippen LogP contribution in [0.1, 0.15) is 87.5 Å². The van der Waals surface area contributed by atoms with Crippen LogP contribution >= 0.6 is 54.5 Å². The van der Waals surface area contributed by atoms with E-state index in [1.54, 1.807) is 0 Å². The molecule has 340 valence electrons. The Labute approximate surface area is 425 Å². The van der Waals surface area contributed by atoms with Crippen molar-refractivity contribution in [2.24, 2.45) is 0 Å². The highest BCUT2D eigenvalue weighted by Gasteiger charge is 2.25. The Morgan fingerprint density at radius 1 is 0.412 bits per heavy atom. The van der Waals surface area contributed by atoms with Gasteiger partial charge in [0.2, 0.25) is 0 Å². The highest BCUT2D eigenvalue weighted by Crippen LogP contribution is 2.50. The largest absolute Gasteiger partial charge is 0.488 e. The molecule has 1 aliphatic heterocycles. The minimum atomic E-state index is 0.406. The van der Waals surface area contributed by atoms with Crippen LogP contribution in [0.5, 0.6) is 11.5 Å². The number of unbranched alkanes of at least 4 members (excludes halogenated alkanes) is 6. The van der Waals surface area contributed by atoms with Crippen molar-refractivity contribution in [2.75, 3.05) is 0 Å². The fraction of sp³-hybridized carbons (Fsp3) is 0.226. The Bertz CT molecular complexity index is 3260. The van der Waals surface area contributed by atoms with Crippen LogP contribution in [0, 0.1) is 0 Å². The molecular formula is C62H54Br2O2S2. The normalized spacial score (nSPS) is 12.5. The third-order valence-electron chi connectivity index (χ3n) is 13.9. The third kappa shape index (κ3) is 8.83. The fourth-order valence-corrected chi connectivity index (χ4v) is 14.0. The molecule has 0 fully saturated rings. The van der Waals surface area contributed by atoms with Gasteiger partial charge in [0.15, 0.2) is 0 Å². The number of fused-ring (bicyclic) bond motifs is 14. The van der Waals surface area contributed by atoms with Crippen LogP contribution in [-0.2, 0) is 26.1 Å². The maximum atomic E-state index is 7.28. The molecule has 0 spiro atoms. The molecule has 6 heteroatoms. The highest BCUT2D eigenvalue weighted by atomic mass is 79.9. The Morgan fingerprint density at radius 2 is 0.838 bits per heavy atom. The first-order chi connectivity index (χ1) is 33.4. The molecule has 11 rings (SSSR count). The highest BCUT2D eigenvalue weighted by molar-refractivity contribution is 9.11. The van der Waals surface area contributed by atoms with Gasteiger partial charge in [-0.05, 0) is 182 Å². The molecule has 0 atom stereocenters. The lowest BCUT2D eigenvalue weighted by Crippen LogP contribution is -2.06. The molecule has 0 aliphatic carbocycles. The van der Waals surface area contributed by atoms with Gasteiger partial charge in [-0.2, -0.15) is 0 Å². The number of hydrogen-bond donors (Lipinski definition) is 0. The third-order valence-corrected chi connectivity index (χ3v) is 17.4. The van der Waals surface area contributed by atoms with E-state index in [-0.39, 0.29) is 0 Å². The molecule has 0 amide bonds. The van der Waals surface area contributed by atoms with Crippen LogP contribution in [0.2, 0.25) is 0 Å². The number of hydrogen-bond acceptors (Lipinski definition) is 4. The predicted octanol–water partition coefficient (Wildman–Crippen LogP) is 20.3. The van der Waals surface area contributed by atoms with Crippen LogP contribution in [0.15, 0.2) is 153 Å². The molecule has 0 N–H and O–H groups in total. The fourth-order valence-electron chi connectivity index (χ4n) is 10.6. The first-order valence-electron chi connectivity index (χ1n) is 24.4. The number of halogens is 2. The van der Waals surface area contributed by atoms with Crippen LogP contribution in [0.3, 0.4) is 0 Å². The van der Waals surface area contributed by atoms with E-state index in [4.69, 9.17) is 9.47 Å². The van der Waals surface area contributed by atoms with Gasteiger partial charge < -0.3 is 9.47 Å². The number of ether oxygens (including phenoxy) is 2. The molecule has 1 aliphatic rings. The van der Waals surface area contributed by atoms with Gasteiger partial charge in [0.25, 0.3) is 0 Å². The Kier molecular flexibility index (Phi) is 13.3. The zero-order valence-corrected chi connectivity index (χ0v) is 43.5. The Hall–Kier alpha value is -5.24. The van der Waals surface area contributed by atoms with E-state index in [1.165, 1.54) is 134 Å². The van der Waals surface area contributed by atoms with Gasteiger partial charge in [-0.3, -0.25) is 0 Å². The van der Waals surface area contributed by atoms with E-state index in [0.29, 0.717) is 13.2 Å². The molecule has 2 nitrogen and oxygen atoms in total. The summed E-state index contributed by atoms with van der Waals surface area (Å²) in [5.41, 5.74) is 12.2. The van der Waals surface area contributed by atoms with Crippen molar-refractivity contribution in [3.8, 4) is 54.6 Å². The molecule has 2 aromatic heterocycles. The van der Waals surface area contributed by atoms with Gasteiger partial charge in [0.05, 0.1) is 7.57 Å². The van der Waals surface area contributed by atoms with Crippen LogP contribution in [-0.4, -0.2) is 0 Å². The first-order valence-corrected chi connectivity index (χ1v) is 27.7. The molecule has 0 unspecified atom stereocenters. The second-order valence-corrected chi connectivity index (χ2v) is 23.3. The lowest BCUT2D eigenvalue weighted by Gasteiger charge is -2.24. The first kappa shape index (κ1) is 45.2. The summed E-state index contributed by atoms with van der Waals surface area (Å²) in [4.78, 5) is 2.70. The average Bonchev–Trinajstić information content (AvgIpc) is 3.94. The van der Waals surface area contributed by atoms with Crippen LogP contribution < -0.4 is 9.47 Å². The molecular weight excluding hydrogens is 1000 g/mol. The summed E-state index contributed by atoms with van der Waals surface area (Å²) in [7, 11) is 0. The Balaban J connectivity index is 1.11. The summed E-state index contributed by atoms with van der Waals surface area (Å²) in [6.45, 7) is 5.37. The van der Waals surface area contributed by atoms with Gasteiger partial charge >= 0.3 is 0 Å². The molecule has 3 heterocycles. The molecule has 0 radical (unpaired) electrons. The second-order valence-electron chi connectivity index (χ2n) is 18.4. The monoisotopic (exact) mass is 1050 g/mol. The summed E-state index contributed by atoms with van der Waals surface area (Å²) in [6, 6.07) is 54.3. The maximum Gasteiger partial charge on any atom is 0.128 e. The van der Waals surface area contributed by atoms with Crippen molar-refractivity contribution in [3.63, 3.8) is 0 Å². The van der Waals surface area contributed by atoms with E-state index in [2.05, 4.69) is 191 Å². The Morgan fingerprint density at radius 3 is 1.29 bits per heavy atom. The van der Waals surface area contributed by atoms with E-state index in [9.17, 15) is 0 Å². The zero-order chi connectivity index (χ0) is 46.1. The second kappa shape index (κ2) is 20.0. The van der Waals surface area contributed by atoms with Crippen molar-refractivity contribution in [1.82, 2.24) is 0 Å². The standard InChI is InChI=1S/C62H54Br2O2S2/c1-3-5-7-9-17-43-35-55(63)67-61(43)45-25-29-51-41(33-45)27-31-53-59(51)60-52-30-26-46(62-44(36-56(64)68-62)18-10-8-6-4-2)34-42(52)28-32-54(60)66-38-48-24-22-40-16-12-14-20-50(40)58(48)57-47(37-65-53)23-21-39-15-11-13-19-49(39)57/h11-16,19-36H,3-10,17-18,37-38H2,1-2H3. The molecule has 0 saturated carbocycles. The lowest BCUT2D eigenvalue weighted by atomic mass is 9.87. The van der Waals surface area contributed by atoms with Crippen LogP contribution in [0.4, 0.5) is 0 Å². The topological polar surface area (TPSA) is 18.5 Å². The molecule has 68 heavy (non-hydrogen) atoms. The number of thiophene rings is 2. The van der Waals surface area contributed by atoms with Crippen molar-refractivity contribution >= 4 is 97.6 Å². The SMILES string of the molecule is CCCCCCc1cc(Br)sc1-c1ccc2c3c(ccc2c1)OCc1ccc2ccccc2c1-c1c(ccc2ccccc12)COc1ccc2cc(-c4sc(Br)cc4CCCCCC)ccc2c1-3. The zero-order valence-electron chi connectivity index (χ0n) is 38.7. The molecule has 0 bridgehead atoms. The van der Waals surface area contributed by atoms with Gasteiger partial charge in [0.1, 0.15) is 24.7 Å². The summed E-state index contributed by atoms with van der Waals surface area (Å²) >= 11 is 11.4. The summed E-state index contributed by atoms with van der Waals surface area (Å²) in [6.07, 6.45) is 12.2. The smallest absolute Gasteiger partial charge is 0.128 e. The number of benzene rings is 8. The van der Waals surface area contributed by atoms with E-state index in [1.807, 2.05) is 22.7 Å². The lowest BCUT2D eigenvalue weighted by molar-refractivity contribution is 0.302. The molecule has 0 saturated heterocycles. The van der Waals surface area contributed by atoms with Gasteiger partial charge in [-0.1, -0.05) is 162 Å². The molecule has 8 aromatic carbocycles. The van der Waals surface area contributed by atoms with Crippen molar-refractivity contribution in [1.29, 1.82) is 0 Å². The summed E-state index contributed by atoms with van der Waals surface area (Å²) in [5, 5.41) is 9.48. The average molecular weight is 1060 g/mol. The van der Waals surface area contributed by atoms with E-state index < -0.39 is 0 Å². The maximum absolute atomic E-state index is 7.28. The van der Waals surface area contributed by atoms with Gasteiger partial charge in [0, 0.05) is 20.9 Å². The van der Waals surface area contributed by atoms with Crippen molar-refractivity contribution in [2.45, 2.75) is 91.3 Å². The predicted molar refractivity (Wildman–Crippen MR) is 300 cm³/mol. The quantitative estimate of drug-likeness (QED) is 0.114. The number of rotatable bonds is 12. The summed E-state index contributed by atoms with van der Waals surface area (Å²) in [5.74, 6) is 1.69. The van der Waals surface area contributed by atoms with Gasteiger partial charge in [-0.25, -0.2) is 0 Å². The van der Waals surface area contributed by atoms with E-state index in [0.717, 1.165) is 57.4 Å². The minimum absolute atomic E-state index is 0.406. The van der Waals surface area contributed by atoms with E-state index >= 15 is 0 Å². The van der Waals surface area contributed by atoms with Crippen molar-refractivity contribution in [3.05, 3.63) is 175 Å².